The molecule has 1 aliphatic heterocycles. The van der Waals surface area contributed by atoms with Crippen LogP contribution in [0, 0.1) is 6.92 Å². The van der Waals surface area contributed by atoms with Gasteiger partial charge in [-0.05, 0) is 39.7 Å². The van der Waals surface area contributed by atoms with Gasteiger partial charge in [-0.1, -0.05) is 0 Å². The standard InChI is InChI=1S/C15H22N4OS/c1-9-7-11-12(18-14(16-4)19-13(11)21-9)17-10-5-6-20-15(2,3)8-10/h7,10H,5-6,8H2,1-4H3,(H2,16,17,18,19). The van der Waals surface area contributed by atoms with E-state index >= 15 is 0 Å². The van der Waals surface area contributed by atoms with E-state index in [0.717, 1.165) is 35.5 Å². The van der Waals surface area contributed by atoms with Gasteiger partial charge in [0.25, 0.3) is 0 Å². The van der Waals surface area contributed by atoms with Crippen LogP contribution in [-0.2, 0) is 4.74 Å². The number of nitrogens with one attached hydrogen (secondary N) is 2. The van der Waals surface area contributed by atoms with Gasteiger partial charge in [0, 0.05) is 24.6 Å². The first kappa shape index (κ1) is 14.5. The zero-order chi connectivity index (χ0) is 15.0. The van der Waals surface area contributed by atoms with Gasteiger partial charge in [0.05, 0.1) is 11.0 Å². The first-order valence-corrected chi connectivity index (χ1v) is 8.15. The van der Waals surface area contributed by atoms with E-state index < -0.39 is 0 Å². The van der Waals surface area contributed by atoms with Crippen LogP contribution in [0.1, 0.15) is 31.6 Å². The molecule has 0 amide bonds. The number of ether oxygens (including phenoxy) is 1. The third-order valence-electron chi connectivity index (χ3n) is 3.78. The summed E-state index contributed by atoms with van der Waals surface area (Å²) in [6, 6.07) is 2.54. The summed E-state index contributed by atoms with van der Waals surface area (Å²) in [4.78, 5) is 11.4. The Bertz CT molecular complexity index is 652. The Hall–Kier alpha value is -1.40. The maximum absolute atomic E-state index is 5.79. The van der Waals surface area contributed by atoms with Crippen LogP contribution in [0.5, 0.6) is 0 Å². The molecule has 0 saturated carbocycles. The van der Waals surface area contributed by atoms with Crippen molar-refractivity contribution in [2.24, 2.45) is 0 Å². The summed E-state index contributed by atoms with van der Waals surface area (Å²) in [7, 11) is 1.85. The molecular weight excluding hydrogens is 284 g/mol. The van der Waals surface area contributed by atoms with Gasteiger partial charge in [-0.3, -0.25) is 0 Å². The fourth-order valence-electron chi connectivity index (χ4n) is 2.81. The maximum atomic E-state index is 5.79. The molecule has 3 heterocycles. The number of anilines is 2. The predicted octanol–water partition coefficient (Wildman–Crippen LogP) is 3.41. The molecule has 6 heteroatoms. The predicted molar refractivity (Wildman–Crippen MR) is 88.4 cm³/mol. The molecular formula is C15H22N4OS. The third kappa shape index (κ3) is 3.11. The van der Waals surface area contributed by atoms with E-state index in [1.165, 1.54) is 4.88 Å². The lowest BCUT2D eigenvalue weighted by Gasteiger charge is -2.36. The number of nitrogens with zero attached hydrogens (tertiary/aromatic N) is 2. The van der Waals surface area contributed by atoms with Gasteiger partial charge < -0.3 is 15.4 Å². The molecule has 1 saturated heterocycles. The molecule has 3 rings (SSSR count). The first-order chi connectivity index (χ1) is 9.97. The van der Waals surface area contributed by atoms with Crippen molar-refractivity contribution in [3.63, 3.8) is 0 Å². The van der Waals surface area contributed by atoms with Crippen molar-refractivity contribution >= 4 is 33.3 Å². The van der Waals surface area contributed by atoms with E-state index in [9.17, 15) is 0 Å². The minimum atomic E-state index is -0.0710. The Morgan fingerprint density at radius 3 is 2.90 bits per heavy atom. The molecule has 0 bridgehead atoms. The summed E-state index contributed by atoms with van der Waals surface area (Å²) >= 11 is 1.70. The lowest BCUT2D eigenvalue weighted by atomic mass is 9.94. The number of aromatic nitrogens is 2. The second-order valence-electron chi connectivity index (χ2n) is 6.16. The number of thiophene rings is 1. The van der Waals surface area contributed by atoms with Crippen molar-refractivity contribution < 1.29 is 4.74 Å². The van der Waals surface area contributed by atoms with Crippen molar-refractivity contribution in [3.05, 3.63) is 10.9 Å². The Morgan fingerprint density at radius 2 is 2.19 bits per heavy atom. The van der Waals surface area contributed by atoms with Crippen molar-refractivity contribution in [1.29, 1.82) is 0 Å². The van der Waals surface area contributed by atoms with Crippen LogP contribution in [-0.4, -0.2) is 35.3 Å². The van der Waals surface area contributed by atoms with Crippen molar-refractivity contribution in [2.75, 3.05) is 24.3 Å². The number of rotatable bonds is 3. The maximum Gasteiger partial charge on any atom is 0.225 e. The molecule has 114 valence electrons. The normalized spacial score (nSPS) is 21.4. The Labute approximate surface area is 129 Å². The highest BCUT2D eigenvalue weighted by molar-refractivity contribution is 7.18. The van der Waals surface area contributed by atoms with E-state index in [1.807, 2.05) is 7.05 Å². The van der Waals surface area contributed by atoms with E-state index in [1.54, 1.807) is 11.3 Å². The van der Waals surface area contributed by atoms with Gasteiger partial charge in [0.1, 0.15) is 10.6 Å². The minimum Gasteiger partial charge on any atom is -0.375 e. The van der Waals surface area contributed by atoms with Gasteiger partial charge in [0.2, 0.25) is 5.95 Å². The Kier molecular flexibility index (Phi) is 3.75. The van der Waals surface area contributed by atoms with Crippen LogP contribution in [0.15, 0.2) is 6.07 Å². The van der Waals surface area contributed by atoms with Gasteiger partial charge in [0.15, 0.2) is 0 Å². The van der Waals surface area contributed by atoms with Crippen LogP contribution < -0.4 is 10.6 Å². The van der Waals surface area contributed by atoms with Gasteiger partial charge >= 0.3 is 0 Å². The Morgan fingerprint density at radius 1 is 1.38 bits per heavy atom. The van der Waals surface area contributed by atoms with Crippen molar-refractivity contribution in [1.82, 2.24) is 9.97 Å². The topological polar surface area (TPSA) is 59.1 Å². The molecule has 0 radical (unpaired) electrons. The van der Waals surface area contributed by atoms with E-state index in [0.29, 0.717) is 12.0 Å². The molecule has 0 aliphatic carbocycles. The molecule has 1 unspecified atom stereocenters. The molecule has 21 heavy (non-hydrogen) atoms. The second kappa shape index (κ2) is 5.42. The molecule has 5 nitrogen and oxygen atoms in total. The van der Waals surface area contributed by atoms with Crippen molar-refractivity contribution in [3.8, 4) is 0 Å². The average molecular weight is 306 g/mol. The number of fused-ring (bicyclic) bond motifs is 1. The molecule has 1 aliphatic rings. The van der Waals surface area contributed by atoms with E-state index in [-0.39, 0.29) is 5.60 Å². The average Bonchev–Trinajstić information content (AvgIpc) is 2.78. The monoisotopic (exact) mass is 306 g/mol. The summed E-state index contributed by atoms with van der Waals surface area (Å²) in [6.45, 7) is 7.18. The zero-order valence-corrected chi connectivity index (χ0v) is 13.8. The highest BCUT2D eigenvalue weighted by Gasteiger charge is 2.29. The summed E-state index contributed by atoms with van der Waals surface area (Å²) in [5.41, 5.74) is -0.0710. The largest absolute Gasteiger partial charge is 0.375 e. The zero-order valence-electron chi connectivity index (χ0n) is 13.0. The highest BCUT2D eigenvalue weighted by atomic mass is 32.1. The van der Waals surface area contributed by atoms with Gasteiger partial charge in [-0.2, -0.15) is 4.98 Å². The molecule has 0 aromatic carbocycles. The lowest BCUT2D eigenvalue weighted by molar-refractivity contribution is -0.0553. The second-order valence-corrected chi connectivity index (χ2v) is 7.40. The van der Waals surface area contributed by atoms with E-state index in [4.69, 9.17) is 4.74 Å². The number of hydrogen-bond acceptors (Lipinski definition) is 6. The van der Waals surface area contributed by atoms with Crippen LogP contribution >= 0.6 is 11.3 Å². The highest BCUT2D eigenvalue weighted by Crippen LogP contribution is 2.32. The molecule has 0 spiro atoms. The summed E-state index contributed by atoms with van der Waals surface area (Å²) in [6.07, 6.45) is 1.99. The molecule has 2 aromatic heterocycles. The fraction of sp³-hybridized carbons (Fsp3) is 0.600. The summed E-state index contributed by atoms with van der Waals surface area (Å²) < 4.78 is 5.79. The van der Waals surface area contributed by atoms with Crippen LogP contribution in [0.2, 0.25) is 0 Å². The lowest BCUT2D eigenvalue weighted by Crippen LogP contribution is -2.40. The number of aryl methyl sites for hydroxylation is 1. The van der Waals surface area contributed by atoms with E-state index in [2.05, 4.69) is 47.4 Å². The molecule has 2 aromatic rings. The fourth-order valence-corrected chi connectivity index (χ4v) is 3.69. The molecule has 1 atom stereocenters. The quantitative estimate of drug-likeness (QED) is 0.910. The first-order valence-electron chi connectivity index (χ1n) is 7.33. The van der Waals surface area contributed by atoms with Gasteiger partial charge in [-0.25, -0.2) is 4.98 Å². The van der Waals surface area contributed by atoms with Crippen LogP contribution in [0.4, 0.5) is 11.8 Å². The van der Waals surface area contributed by atoms with Crippen LogP contribution in [0.25, 0.3) is 10.2 Å². The smallest absolute Gasteiger partial charge is 0.225 e. The van der Waals surface area contributed by atoms with Crippen molar-refractivity contribution in [2.45, 2.75) is 45.3 Å². The molecule has 1 fully saturated rings. The third-order valence-corrected chi connectivity index (χ3v) is 4.72. The molecule has 2 N–H and O–H groups in total. The summed E-state index contributed by atoms with van der Waals surface area (Å²) in [5, 5.41) is 7.76. The summed E-state index contributed by atoms with van der Waals surface area (Å²) in [5.74, 6) is 1.59. The minimum absolute atomic E-state index is 0.0710. The van der Waals surface area contributed by atoms with Gasteiger partial charge in [-0.15, -0.1) is 11.3 Å². The SMILES string of the molecule is CNc1nc(NC2CCOC(C)(C)C2)c2cc(C)sc2n1. The number of hydrogen-bond donors (Lipinski definition) is 2. The Balaban J connectivity index is 1.92. The van der Waals surface area contributed by atoms with Crippen LogP contribution in [0.3, 0.4) is 0 Å².